The van der Waals surface area contributed by atoms with Crippen molar-refractivity contribution in [2.75, 3.05) is 13.2 Å². The molecule has 14 rings (SSSR count). The number of nitriles is 1. The van der Waals surface area contributed by atoms with Crippen molar-refractivity contribution < 1.29 is 81.4 Å². The summed E-state index contributed by atoms with van der Waals surface area (Å²) in [6, 6.07) is 2.10. The van der Waals surface area contributed by atoms with Crippen LogP contribution in [0.15, 0.2) is 0 Å². The second kappa shape index (κ2) is 23.6. The van der Waals surface area contributed by atoms with Crippen LogP contribution in [0.3, 0.4) is 0 Å². The van der Waals surface area contributed by atoms with Crippen molar-refractivity contribution >= 4 is 47.8 Å². The number of ether oxygens (including phenoxy) is 8. The van der Waals surface area contributed by atoms with E-state index in [4.69, 9.17) is 37.9 Å². The molecule has 12 bridgehead atoms. The van der Waals surface area contributed by atoms with Crippen LogP contribution in [0.5, 0.6) is 0 Å². The van der Waals surface area contributed by atoms with Crippen LogP contribution in [0.4, 0.5) is 0 Å². The molecule has 0 aromatic rings. The Morgan fingerprint density at radius 2 is 1.04 bits per heavy atom. The van der Waals surface area contributed by atoms with Gasteiger partial charge in [0.15, 0.2) is 18.6 Å². The van der Waals surface area contributed by atoms with Crippen molar-refractivity contribution in [1.29, 1.82) is 5.26 Å². The highest BCUT2D eigenvalue weighted by atomic mass is 16.6. The topological polar surface area (TPSA) is 254 Å². The van der Waals surface area contributed by atoms with Crippen molar-refractivity contribution in [3.63, 3.8) is 0 Å². The largest absolute Gasteiger partial charge is 0.459 e. The summed E-state index contributed by atoms with van der Waals surface area (Å²) in [6.45, 7) is 24.2. The van der Waals surface area contributed by atoms with Crippen LogP contribution in [0.25, 0.3) is 0 Å². The monoisotopic (exact) mass is 1190 g/mol. The first-order valence-electron chi connectivity index (χ1n) is 32.5. The van der Waals surface area contributed by atoms with Gasteiger partial charge in [-0.1, -0.05) is 34.6 Å². The number of fused-ring (bicyclic) bond motifs is 2. The van der Waals surface area contributed by atoms with E-state index in [-0.39, 0.29) is 82.9 Å². The normalized spacial score (nSPS) is 39.4. The molecule has 0 spiro atoms. The zero-order valence-electron chi connectivity index (χ0n) is 53.1. The highest BCUT2D eigenvalue weighted by Gasteiger charge is 2.72. The second-order valence-corrected chi connectivity index (χ2v) is 30.9. The minimum absolute atomic E-state index is 0.00636. The van der Waals surface area contributed by atoms with E-state index in [0.29, 0.717) is 55.8 Å². The van der Waals surface area contributed by atoms with Crippen molar-refractivity contribution in [3.05, 3.63) is 0 Å². The fourth-order valence-corrected chi connectivity index (χ4v) is 17.6. The maximum atomic E-state index is 12.6. The molecule has 1 N–H and O–H groups in total. The molecule has 12 saturated carbocycles. The summed E-state index contributed by atoms with van der Waals surface area (Å²) in [4.78, 5) is 96.3. The van der Waals surface area contributed by atoms with Crippen LogP contribution in [-0.4, -0.2) is 107 Å². The summed E-state index contributed by atoms with van der Waals surface area (Å²) in [5.74, 6) is 1.56. The quantitative estimate of drug-likeness (QED) is 0.105. The third kappa shape index (κ3) is 12.3. The van der Waals surface area contributed by atoms with Crippen molar-refractivity contribution in [2.24, 2.45) is 92.2 Å². The molecule has 0 aromatic heterocycles. The lowest BCUT2D eigenvalue weighted by atomic mass is 9.49. The molecule has 14 fully saturated rings. The molecule has 2 aliphatic heterocycles. The third-order valence-corrected chi connectivity index (χ3v) is 23.7. The lowest BCUT2D eigenvalue weighted by molar-refractivity contribution is -0.225. The Bertz CT molecular complexity index is 2600. The van der Waals surface area contributed by atoms with Gasteiger partial charge in [-0.25, -0.2) is 9.59 Å². The number of hydrogen-bond acceptors (Lipinski definition) is 18. The first kappa shape index (κ1) is 64.7. The zero-order valence-corrected chi connectivity index (χ0v) is 53.1. The summed E-state index contributed by atoms with van der Waals surface area (Å²) in [6.07, 6.45) is 17.1. The van der Waals surface area contributed by atoms with Crippen LogP contribution in [-0.2, 0) is 76.3 Å². The first-order chi connectivity index (χ1) is 39.7. The molecular formula is C67H99NO17. The lowest BCUT2D eigenvalue weighted by Gasteiger charge is -2.60. The Balaban J connectivity index is 0.000000136. The molecule has 14 aliphatic rings. The maximum Gasteiger partial charge on any atom is 0.344 e. The Morgan fingerprint density at radius 1 is 0.565 bits per heavy atom. The van der Waals surface area contributed by atoms with E-state index in [2.05, 4.69) is 19.9 Å². The molecule has 18 heteroatoms. The molecule has 18 nitrogen and oxygen atoms in total. The molecule has 0 aromatic carbocycles. The molecule has 0 radical (unpaired) electrons. The molecular weight excluding hydrogens is 1090 g/mol. The van der Waals surface area contributed by atoms with Crippen LogP contribution >= 0.6 is 0 Å². The average Bonchev–Trinajstić information content (AvgIpc) is 1.76. The fraction of sp³-hybridized carbons (Fsp3) is 0.866. The predicted molar refractivity (Wildman–Crippen MR) is 306 cm³/mol. The van der Waals surface area contributed by atoms with Crippen LogP contribution < -0.4 is 0 Å². The Kier molecular flexibility index (Phi) is 18.0. The third-order valence-electron chi connectivity index (χ3n) is 23.7. The highest BCUT2D eigenvalue weighted by Crippen LogP contribution is 2.64. The zero-order chi connectivity index (χ0) is 62.2. The summed E-state index contributed by atoms with van der Waals surface area (Å²) < 4.78 is 43.8. The van der Waals surface area contributed by atoms with Crippen LogP contribution in [0, 0.1) is 104 Å². The van der Waals surface area contributed by atoms with E-state index in [9.17, 15) is 48.7 Å². The molecule has 12 unspecified atom stereocenters. The summed E-state index contributed by atoms with van der Waals surface area (Å²) >= 11 is 0. The van der Waals surface area contributed by atoms with Gasteiger partial charge in [-0.2, -0.15) is 5.26 Å². The van der Waals surface area contributed by atoms with Gasteiger partial charge >= 0.3 is 47.8 Å². The van der Waals surface area contributed by atoms with Crippen LogP contribution in [0.1, 0.15) is 218 Å². The van der Waals surface area contributed by atoms with E-state index in [0.717, 1.165) is 69.6 Å². The van der Waals surface area contributed by atoms with E-state index < -0.39 is 75.9 Å². The fourth-order valence-electron chi connectivity index (χ4n) is 17.6. The Labute approximate surface area is 503 Å². The van der Waals surface area contributed by atoms with Gasteiger partial charge in [-0.05, 0) is 213 Å². The van der Waals surface area contributed by atoms with Crippen LogP contribution in [0.2, 0.25) is 0 Å². The van der Waals surface area contributed by atoms with Crippen molar-refractivity contribution in [3.8, 4) is 6.07 Å². The minimum atomic E-state index is -1.06. The number of carbonyl (C=O) groups excluding carboxylic acids is 8. The number of aliphatic hydroxyl groups is 1. The van der Waals surface area contributed by atoms with Gasteiger partial charge in [-0.15, -0.1) is 0 Å². The molecule has 2 heterocycles. The van der Waals surface area contributed by atoms with Gasteiger partial charge in [0.05, 0.1) is 39.2 Å². The molecule has 12 atom stereocenters. The standard InChI is InChI=1S/C18H30O2.C17H21NO6.C16H22O6.C16H26O3/c1-5-17(3,4)16(19)20-18(6-2)14-8-12-7-13(10-14)11-15(18)9-12;1-4-16(2,3)14(20)22-7-11(19)23-12-9-5-10-13(12)24-15(21)17(10,6-9)8-18;1-4-16(2,3)15(19)20-7-11(17)21-12-8-5-9-10(6-8)14(18)22-13(9)12;1-4-14(2,3)13(17)19-16-8-11-5-12(9-16)7-15(18,6-11)10-16/h12-15H,5-11H2,1-4H3;9-10,12-13H,4-7H2,1-3H3;8-10,12-13H,4-7H2,1-3H3;11-12,18H,4-10H2,1-3H3. The Morgan fingerprint density at radius 3 is 1.51 bits per heavy atom. The Hall–Kier alpha value is -4.79. The van der Waals surface area contributed by atoms with Gasteiger partial charge < -0.3 is 43.0 Å². The predicted octanol–water partition coefficient (Wildman–Crippen LogP) is 10.4. The van der Waals surface area contributed by atoms with E-state index in [1.165, 1.54) is 38.5 Å². The maximum absolute atomic E-state index is 12.6. The second-order valence-electron chi connectivity index (χ2n) is 30.9. The summed E-state index contributed by atoms with van der Waals surface area (Å²) in [5.41, 5.74) is -4.11. The summed E-state index contributed by atoms with van der Waals surface area (Å²) in [5, 5.41) is 20.0. The number of nitrogens with zero attached hydrogens (tertiary/aromatic N) is 1. The molecule has 2 saturated heterocycles. The first-order valence-corrected chi connectivity index (χ1v) is 32.5. The van der Waals surface area contributed by atoms with Gasteiger partial charge in [0.25, 0.3) is 0 Å². The summed E-state index contributed by atoms with van der Waals surface area (Å²) in [7, 11) is 0. The highest BCUT2D eigenvalue weighted by molar-refractivity contribution is 5.85. The molecule has 474 valence electrons. The van der Waals surface area contributed by atoms with E-state index >= 15 is 0 Å². The average molecular weight is 1190 g/mol. The van der Waals surface area contributed by atoms with Gasteiger partial charge in [0, 0.05) is 30.1 Å². The van der Waals surface area contributed by atoms with Crippen molar-refractivity contribution in [1.82, 2.24) is 0 Å². The number of hydrogen-bond donors (Lipinski definition) is 1. The van der Waals surface area contributed by atoms with Gasteiger partial charge in [-0.3, -0.25) is 28.8 Å². The smallest absolute Gasteiger partial charge is 0.344 e. The molecule has 0 amide bonds. The van der Waals surface area contributed by atoms with Gasteiger partial charge in [0.1, 0.15) is 35.6 Å². The lowest BCUT2D eigenvalue weighted by Crippen LogP contribution is -2.61. The van der Waals surface area contributed by atoms with E-state index in [1.807, 2.05) is 48.5 Å². The van der Waals surface area contributed by atoms with Crippen molar-refractivity contribution in [2.45, 2.75) is 260 Å². The SMILES string of the molecule is CCC(C)(C)C(=O)OC1(CC)C2CC3CC(C2)CC1C3.CCC(C)(C)C(=O)OC12CC3CC(CC(O)(C3)C1)C2.CCC(C)(C)C(=O)OCC(=O)OC1C2CC3C(=O)OC1C3C2.CCC(C)(C)C(=O)OCC(=O)OC1C2CC3C1OC(=O)C3(C#N)C2. The number of esters is 8. The number of carbonyl (C=O) groups is 8. The molecule has 85 heavy (non-hydrogen) atoms. The minimum Gasteiger partial charge on any atom is -0.459 e. The number of rotatable bonds is 17. The molecule has 12 aliphatic carbocycles. The van der Waals surface area contributed by atoms with E-state index in [1.54, 1.807) is 27.7 Å². The van der Waals surface area contributed by atoms with Gasteiger partial charge in [0.2, 0.25) is 0 Å².